The number of nitrogens with one attached hydrogen (secondary N) is 3. The molecular weight excluding hydrogens is 386 g/mol. The van der Waals surface area contributed by atoms with E-state index >= 15 is 0 Å². The molecule has 3 N–H and O–H groups in total. The predicted molar refractivity (Wildman–Crippen MR) is 125 cm³/mol. The molecule has 158 valence electrons. The van der Waals surface area contributed by atoms with Crippen molar-refractivity contribution in [1.29, 1.82) is 0 Å². The summed E-state index contributed by atoms with van der Waals surface area (Å²) >= 11 is 0. The maximum atomic E-state index is 13.1. The van der Waals surface area contributed by atoms with Crippen molar-refractivity contribution in [2.24, 2.45) is 0 Å². The number of H-pyrrole nitrogens is 1. The summed E-state index contributed by atoms with van der Waals surface area (Å²) in [5.41, 5.74) is 3.56. The largest absolute Gasteiger partial charge is 0.490 e. The van der Waals surface area contributed by atoms with Crippen molar-refractivity contribution in [2.45, 2.75) is 32.4 Å². The summed E-state index contributed by atoms with van der Waals surface area (Å²) < 4.78 is 6.33. The zero-order valence-electron chi connectivity index (χ0n) is 17.7. The van der Waals surface area contributed by atoms with E-state index in [2.05, 4.69) is 39.9 Å². The third-order valence-corrected chi connectivity index (χ3v) is 6.16. The van der Waals surface area contributed by atoms with Gasteiger partial charge in [-0.3, -0.25) is 4.79 Å². The molecule has 3 aromatic carbocycles. The zero-order chi connectivity index (χ0) is 21.2. The molecule has 4 aromatic rings. The van der Waals surface area contributed by atoms with Crippen LogP contribution in [0.5, 0.6) is 5.75 Å². The molecule has 0 saturated carbocycles. The monoisotopic (exact) mass is 413 g/mol. The minimum absolute atomic E-state index is 0.102. The van der Waals surface area contributed by atoms with Crippen LogP contribution in [0.15, 0.2) is 60.7 Å². The van der Waals surface area contributed by atoms with Crippen molar-refractivity contribution in [3.8, 4) is 5.75 Å². The first-order valence-electron chi connectivity index (χ1n) is 10.9. The van der Waals surface area contributed by atoms with Crippen molar-refractivity contribution in [3.05, 3.63) is 77.5 Å². The van der Waals surface area contributed by atoms with Gasteiger partial charge in [0.15, 0.2) is 0 Å². The Bertz CT molecular complexity index is 1230. The Kier molecular flexibility index (Phi) is 5.35. The van der Waals surface area contributed by atoms with E-state index in [1.165, 1.54) is 5.39 Å². The van der Waals surface area contributed by atoms with E-state index in [-0.39, 0.29) is 12.0 Å². The Balaban J connectivity index is 1.38. The van der Waals surface area contributed by atoms with Gasteiger partial charge in [0.2, 0.25) is 0 Å². The third kappa shape index (κ3) is 3.89. The van der Waals surface area contributed by atoms with Crippen LogP contribution >= 0.6 is 0 Å². The number of rotatable bonds is 5. The average Bonchev–Trinajstić information content (AvgIpc) is 3.15. The van der Waals surface area contributed by atoms with Gasteiger partial charge in [0.05, 0.1) is 0 Å². The molecule has 31 heavy (non-hydrogen) atoms. The van der Waals surface area contributed by atoms with Gasteiger partial charge < -0.3 is 20.4 Å². The number of carbonyl (C=O) groups is 1. The Morgan fingerprint density at radius 1 is 1.03 bits per heavy atom. The van der Waals surface area contributed by atoms with Crippen molar-refractivity contribution in [3.63, 3.8) is 0 Å². The number of hydrogen-bond donors (Lipinski definition) is 3. The van der Waals surface area contributed by atoms with E-state index < -0.39 is 0 Å². The van der Waals surface area contributed by atoms with Crippen LogP contribution in [0.1, 0.15) is 34.5 Å². The fourth-order valence-corrected chi connectivity index (χ4v) is 4.50. The number of aromatic amines is 1. The number of carbonyl (C=O) groups excluding carboxylic acids is 1. The molecule has 1 aliphatic rings. The molecule has 5 rings (SSSR count). The topological polar surface area (TPSA) is 66.2 Å². The first-order chi connectivity index (χ1) is 15.2. The lowest BCUT2D eigenvalue weighted by atomic mass is 10.0. The summed E-state index contributed by atoms with van der Waals surface area (Å²) in [6.07, 6.45) is 2.21. The summed E-state index contributed by atoms with van der Waals surface area (Å²) in [6, 6.07) is 20.4. The summed E-state index contributed by atoms with van der Waals surface area (Å²) in [6.45, 7) is 4.43. The van der Waals surface area contributed by atoms with Crippen LogP contribution < -0.4 is 15.4 Å². The van der Waals surface area contributed by atoms with Crippen LogP contribution in [0, 0.1) is 6.92 Å². The second kappa shape index (κ2) is 8.44. The Morgan fingerprint density at radius 3 is 2.68 bits per heavy atom. The molecule has 0 spiro atoms. The molecule has 1 amide bonds. The van der Waals surface area contributed by atoms with E-state index in [4.69, 9.17) is 4.74 Å². The van der Waals surface area contributed by atoms with E-state index in [1.807, 2.05) is 43.3 Å². The highest BCUT2D eigenvalue weighted by Gasteiger charge is 2.20. The third-order valence-electron chi connectivity index (χ3n) is 6.16. The molecule has 0 aliphatic carbocycles. The number of piperidine rings is 1. The molecule has 1 aromatic heterocycles. The summed E-state index contributed by atoms with van der Waals surface area (Å²) in [5.74, 6) is 0.751. The normalized spacial score (nSPS) is 14.7. The molecule has 0 atom stereocenters. The van der Waals surface area contributed by atoms with Gasteiger partial charge in [0.1, 0.15) is 17.5 Å². The Morgan fingerprint density at radius 2 is 1.81 bits per heavy atom. The Labute approximate surface area is 181 Å². The van der Waals surface area contributed by atoms with Crippen LogP contribution in [-0.2, 0) is 6.54 Å². The van der Waals surface area contributed by atoms with Gasteiger partial charge in [-0.25, -0.2) is 0 Å². The number of aromatic nitrogens is 1. The quantitative estimate of drug-likeness (QED) is 0.445. The molecule has 5 nitrogen and oxygen atoms in total. The molecule has 0 radical (unpaired) electrons. The molecule has 1 fully saturated rings. The number of aryl methyl sites for hydroxylation is 1. The molecule has 0 unspecified atom stereocenters. The van der Waals surface area contributed by atoms with E-state index in [9.17, 15) is 4.79 Å². The second-order valence-electron chi connectivity index (χ2n) is 8.19. The lowest BCUT2D eigenvalue weighted by Gasteiger charge is -2.24. The number of hydrogen-bond acceptors (Lipinski definition) is 3. The first kappa shape index (κ1) is 19.6. The van der Waals surface area contributed by atoms with Crippen molar-refractivity contribution < 1.29 is 9.53 Å². The average molecular weight is 414 g/mol. The molecular formula is C26H27N3O2. The predicted octanol–water partition coefficient (Wildman–Crippen LogP) is 4.69. The smallest absolute Gasteiger partial charge is 0.268 e. The minimum atomic E-state index is -0.102. The van der Waals surface area contributed by atoms with Crippen LogP contribution in [0.3, 0.4) is 0 Å². The highest BCUT2D eigenvalue weighted by molar-refractivity contribution is 6.02. The second-order valence-corrected chi connectivity index (χ2v) is 8.19. The van der Waals surface area contributed by atoms with E-state index in [0.29, 0.717) is 12.2 Å². The number of benzene rings is 3. The van der Waals surface area contributed by atoms with Gasteiger partial charge in [-0.15, -0.1) is 0 Å². The van der Waals surface area contributed by atoms with Gasteiger partial charge in [0.25, 0.3) is 5.91 Å². The van der Waals surface area contributed by atoms with Gasteiger partial charge >= 0.3 is 0 Å². The van der Waals surface area contributed by atoms with Gasteiger partial charge in [0, 0.05) is 17.4 Å². The maximum Gasteiger partial charge on any atom is 0.268 e. The summed E-state index contributed by atoms with van der Waals surface area (Å²) in [4.78, 5) is 16.4. The fourth-order valence-electron chi connectivity index (χ4n) is 4.50. The molecule has 2 heterocycles. The summed E-state index contributed by atoms with van der Waals surface area (Å²) in [7, 11) is 0. The number of ether oxygens (including phenoxy) is 1. The lowest BCUT2D eigenvalue weighted by Crippen LogP contribution is -2.34. The maximum absolute atomic E-state index is 13.1. The highest BCUT2D eigenvalue weighted by Crippen LogP contribution is 2.32. The lowest BCUT2D eigenvalue weighted by molar-refractivity contribution is 0.0946. The number of amides is 1. The van der Waals surface area contributed by atoms with Crippen molar-refractivity contribution in [2.75, 3.05) is 13.1 Å². The minimum Gasteiger partial charge on any atom is -0.490 e. The van der Waals surface area contributed by atoms with Crippen LogP contribution in [-0.4, -0.2) is 30.1 Å². The van der Waals surface area contributed by atoms with Crippen LogP contribution in [0.25, 0.3) is 21.7 Å². The fraction of sp³-hybridized carbons (Fsp3) is 0.269. The van der Waals surface area contributed by atoms with Crippen molar-refractivity contribution in [1.82, 2.24) is 15.6 Å². The molecule has 0 bridgehead atoms. The summed E-state index contributed by atoms with van der Waals surface area (Å²) in [5, 5.41) is 9.79. The number of fused-ring (bicyclic) bond motifs is 2. The van der Waals surface area contributed by atoms with Crippen LogP contribution in [0.4, 0.5) is 0 Å². The van der Waals surface area contributed by atoms with Crippen molar-refractivity contribution >= 4 is 27.6 Å². The molecule has 1 saturated heterocycles. The SMILES string of the molecule is Cc1c(C(=O)NCc2cccc3ccccc23)[nH]c2cccc(OC3CCNCC3)c12. The van der Waals surface area contributed by atoms with E-state index in [1.54, 1.807) is 0 Å². The van der Waals surface area contributed by atoms with Gasteiger partial charge in [-0.2, -0.15) is 0 Å². The molecule has 5 heteroatoms. The zero-order valence-corrected chi connectivity index (χ0v) is 17.7. The first-order valence-corrected chi connectivity index (χ1v) is 10.9. The van der Waals surface area contributed by atoms with E-state index in [0.717, 1.165) is 59.1 Å². The molecule has 1 aliphatic heterocycles. The van der Waals surface area contributed by atoms with Gasteiger partial charge in [-0.1, -0.05) is 48.5 Å². The van der Waals surface area contributed by atoms with Crippen LogP contribution in [0.2, 0.25) is 0 Å². The standard InChI is InChI=1S/C26H27N3O2/c1-17-24-22(10-5-11-23(24)31-20-12-14-27-15-13-20)29-25(17)26(30)28-16-19-8-4-7-18-6-2-3-9-21(18)19/h2-11,20,27,29H,12-16H2,1H3,(H,28,30). The highest BCUT2D eigenvalue weighted by atomic mass is 16.5. The van der Waals surface area contributed by atoms with Gasteiger partial charge in [-0.05, 0) is 66.9 Å². The Hall–Kier alpha value is -3.31.